The smallest absolute Gasteiger partial charge is 0.305 e. The maximum atomic E-state index is 12.0. The van der Waals surface area contributed by atoms with Crippen LogP contribution in [0, 0.1) is 0 Å². The van der Waals surface area contributed by atoms with Gasteiger partial charge in [-0.1, -0.05) is 0 Å². The van der Waals surface area contributed by atoms with Gasteiger partial charge < -0.3 is 4.11 Å². The molecule has 0 amide bonds. The Morgan fingerprint density at radius 2 is 1.88 bits per heavy atom. The summed E-state index contributed by atoms with van der Waals surface area (Å²) in [5, 5.41) is 0. The van der Waals surface area contributed by atoms with Crippen LogP contribution in [0.15, 0.2) is 0 Å². The first kappa shape index (κ1) is 7.94. The van der Waals surface area contributed by atoms with Crippen LogP contribution in [0.5, 0.6) is 0 Å². The minimum absolute atomic E-state index is 0.664. The van der Waals surface area contributed by atoms with Gasteiger partial charge in [0, 0.05) is 0 Å². The predicted octanol–water partition coefficient (Wildman–Crippen LogP) is 1.84. The molecule has 0 saturated heterocycles. The maximum Gasteiger partial charge on any atom is 0.346 e. The molecule has 0 heterocycles. The molecule has 0 spiro atoms. The number of hydrogen-bond donors (Lipinski definition) is 0. The molecular weight excluding hydrogens is 140 g/mol. The lowest BCUT2D eigenvalue weighted by atomic mass is 11.6. The zero-order chi connectivity index (χ0) is 6.78. The van der Waals surface area contributed by atoms with E-state index >= 15 is 0 Å². The fraction of sp³-hybridized carbons (Fsp3) is 1.00. The fourth-order valence-corrected chi connectivity index (χ4v) is 0.175. The van der Waals surface area contributed by atoms with Gasteiger partial charge in [0.2, 0.25) is 0 Å². The van der Waals surface area contributed by atoms with Gasteiger partial charge in [-0.2, -0.15) is 0 Å². The molecule has 50 valence electrons. The molecule has 0 fully saturated rings. The van der Waals surface area contributed by atoms with Gasteiger partial charge >= 0.3 is 8.41 Å². The highest BCUT2D eigenvalue weighted by Crippen LogP contribution is 2.14. The zero-order valence-electron chi connectivity index (χ0n) is 4.30. The van der Waals surface area contributed by atoms with Gasteiger partial charge in [-0.25, -0.2) is 8.78 Å². The summed E-state index contributed by atoms with van der Waals surface area (Å²) in [6, 6.07) is -3.09. The van der Waals surface area contributed by atoms with Gasteiger partial charge in [0.05, 0.1) is 0 Å². The van der Waals surface area contributed by atoms with Gasteiger partial charge in [0.15, 0.2) is 0 Å². The SMILES string of the molecule is C[Si](F)(CF)C(F)F. The molecule has 0 rings (SSSR count). The number of rotatable bonds is 2. The number of halogens is 4. The lowest BCUT2D eigenvalue weighted by Crippen LogP contribution is -2.37. The summed E-state index contributed by atoms with van der Waals surface area (Å²) in [5.41, 5.74) is 0. The number of alkyl halides is 3. The first-order valence-corrected chi connectivity index (χ1v) is 4.70. The van der Waals surface area contributed by atoms with Crippen LogP contribution in [-0.4, -0.2) is 20.8 Å². The van der Waals surface area contributed by atoms with Crippen molar-refractivity contribution in [3.63, 3.8) is 0 Å². The van der Waals surface area contributed by atoms with Crippen LogP contribution in [0.2, 0.25) is 6.55 Å². The molecule has 0 aromatic heterocycles. The molecule has 0 aliphatic heterocycles. The Labute approximate surface area is 45.7 Å². The molecule has 1 unspecified atom stereocenters. The predicted molar refractivity (Wildman–Crippen MR) is 24.7 cm³/mol. The molecule has 5 heteroatoms. The van der Waals surface area contributed by atoms with Gasteiger partial charge in [-0.15, -0.1) is 0 Å². The Hall–Kier alpha value is -0.0631. The number of hydrogen-bond acceptors (Lipinski definition) is 0. The first-order valence-electron chi connectivity index (χ1n) is 2.03. The van der Waals surface area contributed by atoms with Crippen molar-refractivity contribution in [3.05, 3.63) is 0 Å². The molecule has 0 aliphatic rings. The van der Waals surface area contributed by atoms with Crippen LogP contribution in [0.25, 0.3) is 0 Å². The Morgan fingerprint density at radius 1 is 1.50 bits per heavy atom. The Kier molecular flexibility index (Phi) is 2.46. The molecule has 0 nitrogen and oxygen atoms in total. The zero-order valence-corrected chi connectivity index (χ0v) is 5.30. The highest BCUT2D eigenvalue weighted by Gasteiger charge is 2.39. The minimum Gasteiger partial charge on any atom is -0.305 e. The van der Waals surface area contributed by atoms with Crippen LogP contribution in [0.3, 0.4) is 0 Å². The Morgan fingerprint density at radius 3 is 1.88 bits per heavy atom. The monoisotopic (exact) mass is 146 g/mol. The molecular formula is C3H6F4Si. The topological polar surface area (TPSA) is 0 Å². The van der Waals surface area contributed by atoms with Gasteiger partial charge in [-0.3, -0.25) is 4.39 Å². The Balaban J connectivity index is 3.71. The highest BCUT2D eigenvalue weighted by molar-refractivity contribution is 6.72. The maximum absolute atomic E-state index is 12.0. The van der Waals surface area contributed by atoms with Crippen molar-refractivity contribution in [2.24, 2.45) is 0 Å². The van der Waals surface area contributed by atoms with E-state index < -0.39 is 20.8 Å². The summed E-state index contributed by atoms with van der Waals surface area (Å²) in [6.07, 6.45) is -1.50. The van der Waals surface area contributed by atoms with Crippen molar-refractivity contribution in [2.45, 2.75) is 12.6 Å². The van der Waals surface area contributed by atoms with Gasteiger partial charge in [-0.05, 0) is 6.55 Å². The lowest BCUT2D eigenvalue weighted by Gasteiger charge is -2.09. The van der Waals surface area contributed by atoms with E-state index in [-0.39, 0.29) is 0 Å². The lowest BCUT2D eigenvalue weighted by molar-refractivity contribution is 0.209. The third-order valence-corrected chi connectivity index (χ3v) is 2.15. The van der Waals surface area contributed by atoms with Crippen molar-refractivity contribution in [1.29, 1.82) is 0 Å². The standard InChI is InChI=1S/C3H6F4Si/c1-8(7,2-4)3(5)6/h3H,2H2,1H3. The van der Waals surface area contributed by atoms with E-state index in [9.17, 15) is 17.3 Å². The van der Waals surface area contributed by atoms with Crippen LogP contribution in [0.4, 0.5) is 17.3 Å². The minimum atomic E-state index is -4.25. The van der Waals surface area contributed by atoms with Crippen LogP contribution >= 0.6 is 0 Å². The second kappa shape index (κ2) is 2.48. The summed E-state index contributed by atoms with van der Waals surface area (Å²) < 4.78 is 45.7. The van der Waals surface area contributed by atoms with Gasteiger partial charge in [0.25, 0.3) is 6.05 Å². The van der Waals surface area contributed by atoms with Crippen molar-refractivity contribution >= 4 is 8.41 Å². The molecule has 0 aliphatic carbocycles. The molecule has 1 atom stereocenters. The average molecular weight is 146 g/mol. The summed E-state index contributed by atoms with van der Waals surface area (Å²) >= 11 is 0. The van der Waals surface area contributed by atoms with Crippen LogP contribution in [0.1, 0.15) is 0 Å². The summed E-state index contributed by atoms with van der Waals surface area (Å²) in [4.78, 5) is 0. The molecule has 0 aromatic rings. The summed E-state index contributed by atoms with van der Waals surface area (Å²) in [6.45, 7) is 0.664. The Bertz CT molecular complexity index is 71.7. The highest BCUT2D eigenvalue weighted by atomic mass is 28.4. The van der Waals surface area contributed by atoms with E-state index in [1.165, 1.54) is 0 Å². The van der Waals surface area contributed by atoms with E-state index in [1.807, 2.05) is 0 Å². The van der Waals surface area contributed by atoms with Crippen molar-refractivity contribution in [2.75, 3.05) is 6.30 Å². The normalized spacial score (nSPS) is 18.8. The molecule has 0 saturated carbocycles. The third kappa shape index (κ3) is 1.81. The van der Waals surface area contributed by atoms with E-state index in [2.05, 4.69) is 0 Å². The van der Waals surface area contributed by atoms with E-state index in [0.29, 0.717) is 6.55 Å². The largest absolute Gasteiger partial charge is 0.346 e. The van der Waals surface area contributed by atoms with Crippen molar-refractivity contribution in [1.82, 2.24) is 0 Å². The molecule has 0 bridgehead atoms. The molecule has 0 aromatic carbocycles. The van der Waals surface area contributed by atoms with Crippen molar-refractivity contribution < 1.29 is 17.3 Å². The van der Waals surface area contributed by atoms with Crippen LogP contribution < -0.4 is 0 Å². The molecule has 0 N–H and O–H groups in total. The van der Waals surface area contributed by atoms with Gasteiger partial charge in [0.1, 0.15) is 6.30 Å². The second-order valence-corrected chi connectivity index (χ2v) is 4.97. The van der Waals surface area contributed by atoms with Crippen molar-refractivity contribution in [3.8, 4) is 0 Å². The second-order valence-electron chi connectivity index (χ2n) is 1.71. The van der Waals surface area contributed by atoms with Crippen LogP contribution in [-0.2, 0) is 0 Å². The average Bonchev–Trinajstić information content (AvgIpc) is 1.67. The molecule has 0 radical (unpaired) electrons. The van der Waals surface area contributed by atoms with E-state index in [1.54, 1.807) is 0 Å². The van der Waals surface area contributed by atoms with E-state index in [4.69, 9.17) is 0 Å². The fourth-order valence-electron chi connectivity index (χ4n) is 0.0583. The summed E-state index contributed by atoms with van der Waals surface area (Å²) in [7, 11) is -4.25. The molecule has 8 heavy (non-hydrogen) atoms. The van der Waals surface area contributed by atoms with E-state index in [0.717, 1.165) is 0 Å². The first-order chi connectivity index (χ1) is 3.50. The third-order valence-electron chi connectivity index (χ3n) is 0.716. The quantitative estimate of drug-likeness (QED) is 0.317. The summed E-state index contributed by atoms with van der Waals surface area (Å²) in [5.74, 6) is 0.